The van der Waals surface area contributed by atoms with Gasteiger partial charge in [-0.15, -0.1) is 0 Å². The largest absolute Gasteiger partial charge is 0.481 e. The fraction of sp³-hybridized carbons (Fsp3) is 0.385. The van der Waals surface area contributed by atoms with Gasteiger partial charge in [0.25, 0.3) is 0 Å². The van der Waals surface area contributed by atoms with Gasteiger partial charge in [-0.1, -0.05) is 30.3 Å². The Bertz CT molecular complexity index is 515. The van der Waals surface area contributed by atoms with Crippen molar-refractivity contribution in [3.8, 4) is 0 Å². The number of alkyl halides is 3. The molecule has 3 unspecified atom stereocenters. The van der Waals surface area contributed by atoms with Gasteiger partial charge in [-0.05, 0) is 12.0 Å². The predicted octanol–water partition coefficient (Wildman–Crippen LogP) is 2.13. The van der Waals surface area contributed by atoms with Crippen molar-refractivity contribution >= 4 is 11.9 Å². The molecule has 1 aliphatic rings. The van der Waals surface area contributed by atoms with Crippen molar-refractivity contribution in [3.05, 3.63) is 35.9 Å². The molecule has 4 nitrogen and oxygen atoms in total. The first-order valence-corrected chi connectivity index (χ1v) is 5.95. The van der Waals surface area contributed by atoms with Crippen molar-refractivity contribution in [2.75, 3.05) is 0 Å². The molecule has 1 aliphatic carbocycles. The Balaban J connectivity index is 2.11. The Hall–Kier alpha value is -2.05. The van der Waals surface area contributed by atoms with Crippen LogP contribution in [0.4, 0.5) is 13.2 Å². The standard InChI is InChI=1S/C13H12F3NO3/c14-13(15,16)10(7-4-2-1-3-5-7)17-11(18)8-6-9(8)12(19)20/h1-5,8-10H,6H2,(H,17,18)(H,19,20). The lowest BCUT2D eigenvalue weighted by Gasteiger charge is -2.22. The van der Waals surface area contributed by atoms with E-state index >= 15 is 0 Å². The molecule has 0 radical (unpaired) electrons. The zero-order valence-electron chi connectivity index (χ0n) is 10.2. The minimum atomic E-state index is -4.63. The van der Waals surface area contributed by atoms with Gasteiger partial charge in [0.15, 0.2) is 6.04 Å². The molecule has 0 heterocycles. The van der Waals surface area contributed by atoms with Crippen molar-refractivity contribution in [2.24, 2.45) is 11.8 Å². The van der Waals surface area contributed by atoms with Crippen molar-refractivity contribution in [2.45, 2.75) is 18.6 Å². The normalized spacial score (nSPS) is 22.9. The molecule has 20 heavy (non-hydrogen) atoms. The van der Waals surface area contributed by atoms with Gasteiger partial charge in [-0.3, -0.25) is 9.59 Å². The van der Waals surface area contributed by atoms with Crippen LogP contribution in [0.15, 0.2) is 30.3 Å². The summed E-state index contributed by atoms with van der Waals surface area (Å²) in [5, 5.41) is 10.6. The summed E-state index contributed by atoms with van der Waals surface area (Å²) in [7, 11) is 0. The molecule has 7 heteroatoms. The topological polar surface area (TPSA) is 66.4 Å². The van der Waals surface area contributed by atoms with Gasteiger partial charge in [0.05, 0.1) is 11.8 Å². The number of hydrogen-bond donors (Lipinski definition) is 2. The number of carbonyl (C=O) groups is 2. The summed E-state index contributed by atoms with van der Waals surface area (Å²) >= 11 is 0. The number of amides is 1. The summed E-state index contributed by atoms with van der Waals surface area (Å²) in [5.74, 6) is -3.78. The molecule has 2 rings (SSSR count). The summed E-state index contributed by atoms with van der Waals surface area (Å²) in [6.45, 7) is 0. The number of carboxylic acid groups (broad SMARTS) is 1. The van der Waals surface area contributed by atoms with E-state index in [1.807, 2.05) is 5.32 Å². The van der Waals surface area contributed by atoms with Gasteiger partial charge in [-0.2, -0.15) is 13.2 Å². The highest BCUT2D eigenvalue weighted by molar-refractivity contribution is 5.89. The number of nitrogens with one attached hydrogen (secondary N) is 1. The van der Waals surface area contributed by atoms with Crippen LogP contribution in [0.2, 0.25) is 0 Å². The summed E-state index contributed by atoms with van der Waals surface area (Å²) in [4.78, 5) is 22.3. The van der Waals surface area contributed by atoms with E-state index in [-0.39, 0.29) is 12.0 Å². The third-order valence-corrected chi connectivity index (χ3v) is 3.19. The highest BCUT2D eigenvalue weighted by Crippen LogP contribution is 2.40. The maximum Gasteiger partial charge on any atom is 0.412 e. The van der Waals surface area contributed by atoms with Gasteiger partial charge in [0.1, 0.15) is 0 Å². The van der Waals surface area contributed by atoms with E-state index in [9.17, 15) is 22.8 Å². The van der Waals surface area contributed by atoms with Crippen molar-refractivity contribution in [3.63, 3.8) is 0 Å². The van der Waals surface area contributed by atoms with Crippen LogP contribution in [-0.2, 0) is 9.59 Å². The molecular weight excluding hydrogens is 275 g/mol. The Labute approximate surface area is 112 Å². The zero-order valence-corrected chi connectivity index (χ0v) is 10.2. The smallest absolute Gasteiger partial charge is 0.412 e. The molecule has 3 atom stereocenters. The molecule has 1 saturated carbocycles. The number of carboxylic acids is 1. The molecule has 1 aromatic rings. The van der Waals surface area contributed by atoms with Gasteiger partial charge >= 0.3 is 12.1 Å². The second-order valence-electron chi connectivity index (χ2n) is 4.68. The van der Waals surface area contributed by atoms with E-state index in [0.29, 0.717) is 0 Å². The molecule has 1 amide bonds. The molecule has 0 saturated heterocycles. The summed E-state index contributed by atoms with van der Waals surface area (Å²) in [6, 6.07) is 4.86. The zero-order chi connectivity index (χ0) is 14.9. The van der Waals surface area contributed by atoms with Crippen LogP contribution in [0.3, 0.4) is 0 Å². The Morgan fingerprint density at radius 3 is 2.25 bits per heavy atom. The van der Waals surface area contributed by atoms with E-state index in [2.05, 4.69) is 0 Å². The lowest BCUT2D eigenvalue weighted by atomic mass is 10.1. The van der Waals surface area contributed by atoms with Gasteiger partial charge in [-0.25, -0.2) is 0 Å². The number of rotatable bonds is 4. The van der Waals surface area contributed by atoms with Crippen LogP contribution in [0.1, 0.15) is 18.0 Å². The second kappa shape index (κ2) is 5.15. The number of benzene rings is 1. The molecule has 0 aromatic heterocycles. The molecule has 2 N–H and O–H groups in total. The highest BCUT2D eigenvalue weighted by atomic mass is 19.4. The van der Waals surface area contributed by atoms with E-state index in [4.69, 9.17) is 5.11 Å². The molecule has 108 valence electrons. The molecule has 1 fully saturated rings. The van der Waals surface area contributed by atoms with Gasteiger partial charge < -0.3 is 10.4 Å². The number of aliphatic carboxylic acids is 1. The molecule has 1 aromatic carbocycles. The average Bonchev–Trinajstić information content (AvgIpc) is 3.15. The first kappa shape index (κ1) is 14.4. The van der Waals surface area contributed by atoms with Crippen LogP contribution >= 0.6 is 0 Å². The lowest BCUT2D eigenvalue weighted by Crippen LogP contribution is -2.39. The summed E-state index contributed by atoms with van der Waals surface area (Å²) in [6.07, 6.45) is -4.55. The maximum absolute atomic E-state index is 13.0. The molecule has 0 aliphatic heterocycles. The third kappa shape index (κ3) is 3.09. The Morgan fingerprint density at radius 1 is 1.20 bits per heavy atom. The Kier molecular flexibility index (Phi) is 3.69. The SMILES string of the molecule is O=C(O)C1CC1C(=O)NC(c1ccccc1)C(F)(F)F. The summed E-state index contributed by atoms with van der Waals surface area (Å²) < 4.78 is 38.9. The van der Waals surface area contributed by atoms with Crippen LogP contribution in [0, 0.1) is 11.8 Å². The van der Waals surface area contributed by atoms with Crippen LogP contribution in [0.25, 0.3) is 0 Å². The first-order valence-electron chi connectivity index (χ1n) is 5.95. The predicted molar refractivity (Wildman–Crippen MR) is 62.6 cm³/mol. The minimum Gasteiger partial charge on any atom is -0.481 e. The fourth-order valence-electron chi connectivity index (χ4n) is 2.01. The third-order valence-electron chi connectivity index (χ3n) is 3.19. The lowest BCUT2D eigenvalue weighted by molar-refractivity contribution is -0.164. The van der Waals surface area contributed by atoms with E-state index in [1.165, 1.54) is 24.3 Å². The average molecular weight is 287 g/mol. The van der Waals surface area contributed by atoms with E-state index in [1.54, 1.807) is 6.07 Å². The van der Waals surface area contributed by atoms with Crippen LogP contribution in [0.5, 0.6) is 0 Å². The molecule has 0 bridgehead atoms. The van der Waals surface area contributed by atoms with Gasteiger partial charge in [0.2, 0.25) is 5.91 Å². The van der Waals surface area contributed by atoms with Crippen molar-refractivity contribution in [1.29, 1.82) is 0 Å². The monoisotopic (exact) mass is 287 g/mol. The minimum absolute atomic E-state index is 0.0825. The maximum atomic E-state index is 13.0. The first-order chi connectivity index (χ1) is 9.30. The highest BCUT2D eigenvalue weighted by Gasteiger charge is 2.51. The summed E-state index contributed by atoms with van der Waals surface area (Å²) in [5.41, 5.74) is -0.0825. The van der Waals surface area contributed by atoms with E-state index in [0.717, 1.165) is 0 Å². The fourth-order valence-corrected chi connectivity index (χ4v) is 2.01. The quantitative estimate of drug-likeness (QED) is 0.891. The van der Waals surface area contributed by atoms with Crippen molar-refractivity contribution in [1.82, 2.24) is 5.32 Å². The number of hydrogen-bond acceptors (Lipinski definition) is 2. The second-order valence-corrected chi connectivity index (χ2v) is 4.68. The van der Waals surface area contributed by atoms with Crippen molar-refractivity contribution < 1.29 is 27.9 Å². The van der Waals surface area contributed by atoms with Crippen LogP contribution in [-0.4, -0.2) is 23.2 Å². The number of halogens is 3. The number of carbonyl (C=O) groups excluding carboxylic acids is 1. The van der Waals surface area contributed by atoms with Gasteiger partial charge in [0, 0.05) is 0 Å². The van der Waals surface area contributed by atoms with E-state index < -0.39 is 35.9 Å². The van der Waals surface area contributed by atoms with Crippen LogP contribution < -0.4 is 5.32 Å². The Morgan fingerprint density at radius 2 is 1.80 bits per heavy atom. The molecular formula is C13H12F3NO3. The molecule has 0 spiro atoms.